The molecule has 27 heavy (non-hydrogen) atoms. The molecule has 8 nitrogen and oxygen atoms in total. The second-order valence-electron chi connectivity index (χ2n) is 5.67. The van der Waals surface area contributed by atoms with Gasteiger partial charge in [-0.05, 0) is 23.8 Å². The maximum Gasteiger partial charge on any atom is 0.343 e. The van der Waals surface area contributed by atoms with Crippen molar-refractivity contribution in [1.82, 2.24) is 5.32 Å². The molecule has 0 saturated heterocycles. The fourth-order valence-corrected chi connectivity index (χ4v) is 2.40. The van der Waals surface area contributed by atoms with Crippen LogP contribution in [-0.2, 0) is 20.8 Å². The molecule has 2 aromatic rings. The molecule has 0 bridgehead atoms. The maximum atomic E-state index is 12.3. The Balaban J connectivity index is 2.45. The number of carboxylic acids is 2. The standard InChI is InChI=1S/C19H17NO7/c1-11(21)20-17(18(24)25)14-8-7-12(10-16(22)23)9-15(14)27-19(26)13-5-3-2-4-6-13/h2-9,17H,10H2,1H3,(H,20,21)(H,22,23)(H,24,25). The molecule has 1 amide bonds. The quantitative estimate of drug-likeness (QED) is 0.500. The van der Waals surface area contributed by atoms with Crippen molar-refractivity contribution in [2.24, 2.45) is 0 Å². The van der Waals surface area contributed by atoms with E-state index in [1.54, 1.807) is 18.2 Å². The van der Waals surface area contributed by atoms with Crippen molar-refractivity contribution in [2.45, 2.75) is 19.4 Å². The monoisotopic (exact) mass is 371 g/mol. The van der Waals surface area contributed by atoms with Gasteiger partial charge >= 0.3 is 17.9 Å². The van der Waals surface area contributed by atoms with Crippen molar-refractivity contribution in [1.29, 1.82) is 0 Å². The topological polar surface area (TPSA) is 130 Å². The van der Waals surface area contributed by atoms with Gasteiger partial charge in [-0.1, -0.05) is 30.3 Å². The molecule has 3 N–H and O–H groups in total. The minimum absolute atomic E-state index is 0.0242. The van der Waals surface area contributed by atoms with Crippen LogP contribution in [0.15, 0.2) is 48.5 Å². The Kier molecular flexibility index (Phi) is 6.27. The highest BCUT2D eigenvalue weighted by Crippen LogP contribution is 2.28. The van der Waals surface area contributed by atoms with Crippen molar-refractivity contribution >= 4 is 23.8 Å². The molecule has 0 fully saturated rings. The number of hydrogen-bond donors (Lipinski definition) is 3. The fourth-order valence-electron chi connectivity index (χ4n) is 2.40. The normalized spacial score (nSPS) is 11.3. The van der Waals surface area contributed by atoms with Crippen LogP contribution in [0.3, 0.4) is 0 Å². The van der Waals surface area contributed by atoms with E-state index in [1.165, 1.54) is 30.3 Å². The molecule has 140 valence electrons. The summed E-state index contributed by atoms with van der Waals surface area (Å²) in [5, 5.41) is 20.6. The molecule has 8 heteroatoms. The van der Waals surface area contributed by atoms with E-state index >= 15 is 0 Å². The van der Waals surface area contributed by atoms with Crippen LogP contribution in [0.1, 0.15) is 34.5 Å². The van der Waals surface area contributed by atoms with Gasteiger partial charge in [0.15, 0.2) is 6.04 Å². The number of benzene rings is 2. The van der Waals surface area contributed by atoms with E-state index in [4.69, 9.17) is 9.84 Å². The summed E-state index contributed by atoms with van der Waals surface area (Å²) >= 11 is 0. The molecule has 0 saturated carbocycles. The summed E-state index contributed by atoms with van der Waals surface area (Å²) in [5.41, 5.74) is 0.573. The predicted octanol–water partition coefficient (Wildman–Crippen LogP) is 1.79. The second-order valence-corrected chi connectivity index (χ2v) is 5.67. The lowest BCUT2D eigenvalue weighted by Crippen LogP contribution is -2.32. The minimum atomic E-state index is -1.46. The fraction of sp³-hybridized carbons (Fsp3) is 0.158. The molecule has 0 aliphatic rings. The first-order valence-corrected chi connectivity index (χ1v) is 7.89. The Hall–Kier alpha value is -3.68. The van der Waals surface area contributed by atoms with Gasteiger partial charge in [0.05, 0.1) is 12.0 Å². The Labute approximate surface area is 154 Å². The number of aliphatic carboxylic acids is 2. The molecule has 1 unspecified atom stereocenters. The molecule has 0 radical (unpaired) electrons. The summed E-state index contributed by atoms with van der Waals surface area (Å²) in [7, 11) is 0. The average Bonchev–Trinajstić information content (AvgIpc) is 2.60. The molecule has 2 aromatic carbocycles. The summed E-state index contributed by atoms with van der Waals surface area (Å²) in [4.78, 5) is 46.2. The first-order valence-electron chi connectivity index (χ1n) is 7.89. The van der Waals surface area contributed by atoms with Crippen LogP contribution in [0.5, 0.6) is 5.75 Å². The van der Waals surface area contributed by atoms with Gasteiger partial charge in [0.25, 0.3) is 0 Å². The van der Waals surface area contributed by atoms with Crippen molar-refractivity contribution < 1.29 is 34.1 Å². The van der Waals surface area contributed by atoms with E-state index in [2.05, 4.69) is 5.32 Å². The third-order valence-corrected chi connectivity index (χ3v) is 3.55. The van der Waals surface area contributed by atoms with Gasteiger partial charge in [0.1, 0.15) is 5.75 Å². The lowest BCUT2D eigenvalue weighted by atomic mass is 10.0. The molecule has 0 spiro atoms. The number of nitrogens with one attached hydrogen (secondary N) is 1. The molecule has 1 atom stereocenters. The summed E-state index contributed by atoms with van der Waals surface area (Å²) in [6.45, 7) is 1.16. The Morgan fingerprint density at radius 2 is 1.70 bits per heavy atom. The van der Waals surface area contributed by atoms with Crippen LogP contribution < -0.4 is 10.1 Å². The van der Waals surface area contributed by atoms with Crippen molar-refractivity contribution in [3.8, 4) is 5.75 Å². The number of hydrogen-bond acceptors (Lipinski definition) is 5. The molecular weight excluding hydrogens is 354 g/mol. The molecular formula is C19H17NO7. The van der Waals surface area contributed by atoms with Gasteiger partial charge in [0.2, 0.25) is 5.91 Å². The van der Waals surface area contributed by atoms with E-state index in [0.29, 0.717) is 5.56 Å². The lowest BCUT2D eigenvalue weighted by Gasteiger charge is -2.18. The number of rotatable bonds is 7. The van der Waals surface area contributed by atoms with Gasteiger partial charge in [-0.2, -0.15) is 0 Å². The van der Waals surface area contributed by atoms with E-state index in [1.807, 2.05) is 0 Å². The zero-order valence-corrected chi connectivity index (χ0v) is 14.3. The van der Waals surface area contributed by atoms with Gasteiger partial charge < -0.3 is 20.3 Å². The molecule has 2 rings (SSSR count). The summed E-state index contributed by atoms with van der Waals surface area (Å²) in [5.74, 6) is -3.91. The first kappa shape index (κ1) is 19.6. The van der Waals surface area contributed by atoms with Crippen LogP contribution in [-0.4, -0.2) is 34.0 Å². The largest absolute Gasteiger partial charge is 0.481 e. The zero-order valence-electron chi connectivity index (χ0n) is 14.3. The summed E-state index contributed by atoms with van der Waals surface area (Å²) < 4.78 is 5.32. The predicted molar refractivity (Wildman–Crippen MR) is 93.4 cm³/mol. The van der Waals surface area contributed by atoms with Gasteiger partial charge in [-0.15, -0.1) is 0 Å². The number of carbonyl (C=O) groups is 4. The molecule has 0 aliphatic carbocycles. The second kappa shape index (κ2) is 8.61. The highest BCUT2D eigenvalue weighted by molar-refractivity contribution is 5.92. The minimum Gasteiger partial charge on any atom is -0.481 e. The Bertz CT molecular complexity index is 877. The SMILES string of the molecule is CC(=O)NC(C(=O)O)c1ccc(CC(=O)O)cc1OC(=O)c1ccccc1. The molecule has 0 aromatic heterocycles. The van der Waals surface area contributed by atoms with Crippen molar-refractivity contribution in [3.63, 3.8) is 0 Å². The highest BCUT2D eigenvalue weighted by Gasteiger charge is 2.26. The van der Waals surface area contributed by atoms with Crippen LogP contribution >= 0.6 is 0 Å². The number of carboxylic acid groups (broad SMARTS) is 2. The number of ether oxygens (including phenoxy) is 1. The average molecular weight is 371 g/mol. The lowest BCUT2D eigenvalue weighted by molar-refractivity contribution is -0.141. The first-order chi connectivity index (χ1) is 12.8. The van der Waals surface area contributed by atoms with Gasteiger partial charge in [-0.25, -0.2) is 9.59 Å². The third-order valence-electron chi connectivity index (χ3n) is 3.55. The van der Waals surface area contributed by atoms with E-state index in [9.17, 15) is 24.3 Å². The van der Waals surface area contributed by atoms with Crippen LogP contribution in [0.25, 0.3) is 0 Å². The number of amides is 1. The van der Waals surface area contributed by atoms with Gasteiger partial charge in [-0.3, -0.25) is 9.59 Å². The van der Waals surface area contributed by atoms with E-state index in [-0.39, 0.29) is 23.3 Å². The van der Waals surface area contributed by atoms with Crippen LogP contribution in [0.2, 0.25) is 0 Å². The van der Waals surface area contributed by atoms with Crippen LogP contribution in [0, 0.1) is 0 Å². The smallest absolute Gasteiger partial charge is 0.343 e. The molecule has 0 heterocycles. The van der Waals surface area contributed by atoms with Crippen LogP contribution in [0.4, 0.5) is 0 Å². The van der Waals surface area contributed by atoms with Gasteiger partial charge in [0, 0.05) is 12.5 Å². The highest BCUT2D eigenvalue weighted by atomic mass is 16.5. The molecule has 0 aliphatic heterocycles. The third kappa shape index (κ3) is 5.40. The Morgan fingerprint density at radius 3 is 2.26 bits per heavy atom. The van der Waals surface area contributed by atoms with E-state index < -0.39 is 29.9 Å². The summed E-state index contributed by atoms with van der Waals surface area (Å²) in [6, 6.07) is 10.6. The Morgan fingerprint density at radius 1 is 1.04 bits per heavy atom. The number of carbonyl (C=O) groups excluding carboxylic acids is 2. The summed E-state index contributed by atoms with van der Waals surface area (Å²) in [6.07, 6.45) is -0.339. The van der Waals surface area contributed by atoms with Crippen molar-refractivity contribution in [2.75, 3.05) is 0 Å². The van der Waals surface area contributed by atoms with Crippen molar-refractivity contribution in [3.05, 3.63) is 65.2 Å². The number of esters is 1. The zero-order chi connectivity index (χ0) is 20.0. The maximum absolute atomic E-state index is 12.3. The van der Waals surface area contributed by atoms with E-state index in [0.717, 1.165) is 6.92 Å².